The molecule has 0 atom stereocenters. The van der Waals surface area contributed by atoms with Crippen molar-refractivity contribution in [1.82, 2.24) is 0 Å². The average Bonchev–Trinajstić information content (AvgIpc) is 2.38. The second-order valence-electron chi connectivity index (χ2n) is 4.58. The third-order valence-corrected chi connectivity index (χ3v) is 4.01. The number of nitrogens with one attached hydrogen (secondary N) is 1. The lowest BCUT2D eigenvalue weighted by molar-refractivity contribution is 0.446. The molecule has 0 unspecified atom stereocenters. The summed E-state index contributed by atoms with van der Waals surface area (Å²) in [5.74, 6) is -0.815. The largest absolute Gasteiger partial charge is 0.508 e. The summed E-state index contributed by atoms with van der Waals surface area (Å²) >= 11 is 0. The van der Waals surface area contributed by atoms with Crippen molar-refractivity contribution in [3.05, 3.63) is 47.8 Å². The molecule has 0 saturated heterocycles. The molecule has 5 nitrogen and oxygen atoms in total. The fourth-order valence-corrected chi connectivity index (χ4v) is 2.41. The number of aromatic hydroxyl groups is 2. The molecule has 0 spiro atoms. The topological polar surface area (TPSA) is 86.6 Å². The SMILES string of the molecule is CS(=O)(=O)c1ccc(F)c(NCc2ccc(O)cc2O)c1. The predicted octanol–water partition coefficient (Wildman–Crippen LogP) is 2.25. The van der Waals surface area contributed by atoms with Crippen LogP contribution in [-0.4, -0.2) is 24.9 Å². The van der Waals surface area contributed by atoms with E-state index in [1.54, 1.807) is 0 Å². The highest BCUT2D eigenvalue weighted by atomic mass is 32.2. The number of hydrogen-bond acceptors (Lipinski definition) is 5. The summed E-state index contributed by atoms with van der Waals surface area (Å²) in [6, 6.07) is 7.49. The van der Waals surface area contributed by atoms with Gasteiger partial charge in [-0.15, -0.1) is 0 Å². The number of hydrogen-bond donors (Lipinski definition) is 3. The van der Waals surface area contributed by atoms with Gasteiger partial charge in [-0.2, -0.15) is 0 Å². The molecule has 0 aliphatic rings. The first-order chi connectivity index (χ1) is 9.77. The maximum Gasteiger partial charge on any atom is 0.175 e. The summed E-state index contributed by atoms with van der Waals surface area (Å²) in [7, 11) is -3.43. The second kappa shape index (κ2) is 5.61. The Bertz CT molecular complexity index is 775. The predicted molar refractivity (Wildman–Crippen MR) is 76.6 cm³/mol. The van der Waals surface area contributed by atoms with Gasteiger partial charge in [0.15, 0.2) is 9.84 Å². The summed E-state index contributed by atoms with van der Waals surface area (Å²) in [4.78, 5) is 0.00123. The number of anilines is 1. The third kappa shape index (κ3) is 3.63. The van der Waals surface area contributed by atoms with Crippen molar-refractivity contribution in [2.75, 3.05) is 11.6 Å². The van der Waals surface area contributed by atoms with Gasteiger partial charge >= 0.3 is 0 Å². The van der Waals surface area contributed by atoms with Crippen LogP contribution in [-0.2, 0) is 16.4 Å². The Balaban J connectivity index is 2.23. The smallest absolute Gasteiger partial charge is 0.175 e. The fraction of sp³-hybridized carbons (Fsp3) is 0.143. The van der Waals surface area contributed by atoms with Gasteiger partial charge in [-0.05, 0) is 30.3 Å². The van der Waals surface area contributed by atoms with Gasteiger partial charge in [0, 0.05) is 24.4 Å². The zero-order valence-electron chi connectivity index (χ0n) is 11.2. The number of sulfone groups is 1. The molecule has 0 aliphatic heterocycles. The lowest BCUT2D eigenvalue weighted by Crippen LogP contribution is -2.04. The van der Waals surface area contributed by atoms with Gasteiger partial charge in [-0.1, -0.05) is 0 Å². The van der Waals surface area contributed by atoms with Gasteiger partial charge in [0.2, 0.25) is 0 Å². The van der Waals surface area contributed by atoms with Crippen LogP contribution in [0.15, 0.2) is 41.3 Å². The van der Waals surface area contributed by atoms with E-state index in [9.17, 15) is 23.0 Å². The third-order valence-electron chi connectivity index (χ3n) is 2.90. The maximum absolute atomic E-state index is 13.7. The Morgan fingerprint density at radius 1 is 1.14 bits per heavy atom. The van der Waals surface area contributed by atoms with Crippen molar-refractivity contribution in [3.8, 4) is 11.5 Å². The molecule has 2 aromatic rings. The van der Waals surface area contributed by atoms with E-state index in [-0.39, 0.29) is 28.6 Å². The number of benzene rings is 2. The van der Waals surface area contributed by atoms with Crippen LogP contribution in [0, 0.1) is 5.82 Å². The first-order valence-electron chi connectivity index (χ1n) is 6.02. The quantitative estimate of drug-likeness (QED) is 0.754. The van der Waals surface area contributed by atoms with Gasteiger partial charge < -0.3 is 15.5 Å². The molecule has 0 amide bonds. The molecule has 7 heteroatoms. The van der Waals surface area contributed by atoms with E-state index in [0.29, 0.717) is 5.56 Å². The second-order valence-corrected chi connectivity index (χ2v) is 6.60. The molecule has 0 bridgehead atoms. The zero-order chi connectivity index (χ0) is 15.6. The average molecular weight is 311 g/mol. The maximum atomic E-state index is 13.7. The number of rotatable bonds is 4. The molecule has 2 rings (SSSR count). The van der Waals surface area contributed by atoms with E-state index in [0.717, 1.165) is 12.3 Å². The fourth-order valence-electron chi connectivity index (χ4n) is 1.76. The van der Waals surface area contributed by atoms with Crippen LogP contribution < -0.4 is 5.32 Å². The normalized spacial score (nSPS) is 11.3. The summed E-state index contributed by atoms with van der Waals surface area (Å²) in [5.41, 5.74) is 0.461. The van der Waals surface area contributed by atoms with Crippen LogP contribution in [0.5, 0.6) is 11.5 Å². The Labute approximate surface area is 121 Å². The van der Waals surface area contributed by atoms with E-state index in [1.807, 2.05) is 0 Å². The van der Waals surface area contributed by atoms with Gasteiger partial charge in [0.05, 0.1) is 10.6 Å². The van der Waals surface area contributed by atoms with Crippen molar-refractivity contribution in [2.45, 2.75) is 11.4 Å². The molecule has 0 aromatic heterocycles. The zero-order valence-corrected chi connectivity index (χ0v) is 12.0. The highest BCUT2D eigenvalue weighted by molar-refractivity contribution is 7.90. The van der Waals surface area contributed by atoms with Crippen molar-refractivity contribution in [3.63, 3.8) is 0 Å². The lowest BCUT2D eigenvalue weighted by atomic mass is 10.2. The van der Waals surface area contributed by atoms with Gasteiger partial charge in [-0.25, -0.2) is 12.8 Å². The van der Waals surface area contributed by atoms with Crippen molar-refractivity contribution in [2.24, 2.45) is 0 Å². The van der Waals surface area contributed by atoms with E-state index in [4.69, 9.17) is 0 Å². The first-order valence-corrected chi connectivity index (χ1v) is 7.91. The van der Waals surface area contributed by atoms with Crippen LogP contribution in [0.25, 0.3) is 0 Å². The Morgan fingerprint density at radius 2 is 1.86 bits per heavy atom. The molecule has 0 saturated carbocycles. The molecule has 0 aliphatic carbocycles. The minimum absolute atomic E-state index is 0.00123. The van der Waals surface area contributed by atoms with Crippen molar-refractivity contribution in [1.29, 1.82) is 0 Å². The van der Waals surface area contributed by atoms with E-state index in [2.05, 4.69) is 5.32 Å². The highest BCUT2D eigenvalue weighted by Crippen LogP contribution is 2.25. The standard InChI is InChI=1S/C14H14FNO4S/c1-21(19,20)11-4-5-12(15)13(7-11)16-8-9-2-3-10(17)6-14(9)18/h2-7,16-18H,8H2,1H3. The van der Waals surface area contributed by atoms with Gasteiger partial charge in [-0.3, -0.25) is 0 Å². The summed E-state index contributed by atoms with van der Waals surface area (Å²) in [6.45, 7) is 0.0796. The monoisotopic (exact) mass is 311 g/mol. The van der Waals surface area contributed by atoms with Crippen LogP contribution in [0.1, 0.15) is 5.56 Å². The Morgan fingerprint density at radius 3 is 2.48 bits per heavy atom. The van der Waals surface area contributed by atoms with Crippen LogP contribution >= 0.6 is 0 Å². The molecule has 0 fully saturated rings. The molecule has 112 valence electrons. The van der Waals surface area contributed by atoms with Gasteiger partial charge in [0.25, 0.3) is 0 Å². The van der Waals surface area contributed by atoms with Crippen LogP contribution in [0.2, 0.25) is 0 Å². The minimum atomic E-state index is -3.43. The van der Waals surface area contributed by atoms with E-state index < -0.39 is 15.7 Å². The van der Waals surface area contributed by atoms with E-state index in [1.165, 1.54) is 30.3 Å². The molecule has 21 heavy (non-hydrogen) atoms. The first kappa shape index (κ1) is 15.1. The molecule has 0 radical (unpaired) electrons. The summed E-state index contributed by atoms with van der Waals surface area (Å²) in [5, 5.41) is 21.5. The number of halogens is 1. The summed E-state index contributed by atoms with van der Waals surface area (Å²) in [6.07, 6.45) is 1.04. The highest BCUT2D eigenvalue weighted by Gasteiger charge is 2.11. The summed E-state index contributed by atoms with van der Waals surface area (Å²) < 4.78 is 36.6. The van der Waals surface area contributed by atoms with Gasteiger partial charge in [0.1, 0.15) is 17.3 Å². The molecular formula is C14H14FNO4S. The van der Waals surface area contributed by atoms with Crippen molar-refractivity contribution >= 4 is 15.5 Å². The molecular weight excluding hydrogens is 297 g/mol. The minimum Gasteiger partial charge on any atom is -0.508 e. The van der Waals surface area contributed by atoms with E-state index >= 15 is 0 Å². The van der Waals surface area contributed by atoms with Crippen LogP contribution in [0.3, 0.4) is 0 Å². The Hall–Kier alpha value is -2.28. The molecule has 3 N–H and O–H groups in total. The number of phenolic OH excluding ortho intramolecular Hbond substituents is 2. The molecule has 2 aromatic carbocycles. The lowest BCUT2D eigenvalue weighted by Gasteiger charge is -2.10. The number of phenols is 2. The van der Waals surface area contributed by atoms with Crippen LogP contribution in [0.4, 0.5) is 10.1 Å². The van der Waals surface area contributed by atoms with Crippen molar-refractivity contribution < 1.29 is 23.0 Å². The Kier molecular flexibility index (Phi) is 4.04. The molecule has 0 heterocycles.